The van der Waals surface area contributed by atoms with E-state index >= 15 is 0 Å². The van der Waals surface area contributed by atoms with E-state index < -0.39 is 21.8 Å². The van der Waals surface area contributed by atoms with Crippen molar-refractivity contribution in [1.29, 1.82) is 0 Å². The molecule has 23 heavy (non-hydrogen) atoms. The van der Waals surface area contributed by atoms with Crippen molar-refractivity contribution < 1.29 is 18.0 Å². The molecule has 1 heterocycles. The molecule has 0 saturated heterocycles. The number of benzene rings is 2. The number of sulfonamides is 1. The fraction of sp³-hybridized carbons (Fsp3) is 0. The molecular formula is C14H8Cl2N2O4S. The number of nitrogens with one attached hydrogen (secondary N) is 1. The number of hydrazine groups is 1. The van der Waals surface area contributed by atoms with Crippen LogP contribution in [0.1, 0.15) is 20.7 Å². The molecule has 0 fully saturated rings. The molecule has 2 aromatic carbocycles. The second kappa shape index (κ2) is 5.61. The van der Waals surface area contributed by atoms with E-state index in [2.05, 4.69) is 0 Å². The summed E-state index contributed by atoms with van der Waals surface area (Å²) >= 11 is 11.6. The number of imide groups is 1. The van der Waals surface area contributed by atoms with E-state index in [-0.39, 0.29) is 26.1 Å². The summed E-state index contributed by atoms with van der Waals surface area (Å²) in [7, 11) is -4.26. The zero-order valence-corrected chi connectivity index (χ0v) is 13.6. The number of hydrogen-bond acceptors (Lipinski definition) is 4. The van der Waals surface area contributed by atoms with Gasteiger partial charge >= 0.3 is 0 Å². The highest BCUT2D eigenvalue weighted by atomic mass is 35.5. The number of nitrogens with zero attached hydrogens (tertiary/aromatic N) is 1. The number of halogens is 2. The van der Waals surface area contributed by atoms with Crippen LogP contribution in [0.4, 0.5) is 0 Å². The largest absolute Gasteiger partial charge is 0.277 e. The van der Waals surface area contributed by atoms with Crippen LogP contribution in [0.2, 0.25) is 10.0 Å². The van der Waals surface area contributed by atoms with Gasteiger partial charge in [-0.2, -0.15) is 5.01 Å². The summed E-state index contributed by atoms with van der Waals surface area (Å²) in [6.07, 6.45) is 0. The summed E-state index contributed by atoms with van der Waals surface area (Å²) in [5.41, 5.74) is 0.245. The minimum atomic E-state index is -4.26. The first-order valence-corrected chi connectivity index (χ1v) is 8.50. The number of fused-ring (bicyclic) bond motifs is 1. The van der Waals surface area contributed by atoms with Crippen molar-refractivity contribution in [2.45, 2.75) is 4.90 Å². The first-order valence-electron chi connectivity index (χ1n) is 6.26. The molecule has 2 amide bonds. The zero-order valence-electron chi connectivity index (χ0n) is 11.3. The van der Waals surface area contributed by atoms with Crippen molar-refractivity contribution in [3.8, 4) is 0 Å². The van der Waals surface area contributed by atoms with Crippen LogP contribution in [-0.2, 0) is 10.0 Å². The van der Waals surface area contributed by atoms with Crippen LogP contribution in [0, 0.1) is 0 Å². The van der Waals surface area contributed by atoms with Gasteiger partial charge in [0.1, 0.15) is 4.90 Å². The Kier molecular flexibility index (Phi) is 3.89. The molecule has 1 aliphatic heterocycles. The highest BCUT2D eigenvalue weighted by Crippen LogP contribution is 2.27. The van der Waals surface area contributed by atoms with Crippen molar-refractivity contribution in [3.63, 3.8) is 0 Å². The van der Waals surface area contributed by atoms with Crippen molar-refractivity contribution in [3.05, 3.63) is 63.6 Å². The number of rotatable bonds is 3. The monoisotopic (exact) mass is 370 g/mol. The van der Waals surface area contributed by atoms with Gasteiger partial charge < -0.3 is 0 Å². The molecule has 0 saturated carbocycles. The van der Waals surface area contributed by atoms with Crippen LogP contribution in [-0.4, -0.2) is 25.2 Å². The third-order valence-corrected chi connectivity index (χ3v) is 5.20. The molecule has 1 aliphatic rings. The normalized spacial score (nSPS) is 14.3. The number of hydrogen-bond donors (Lipinski definition) is 1. The lowest BCUT2D eigenvalue weighted by Crippen LogP contribution is -2.45. The fourth-order valence-electron chi connectivity index (χ4n) is 2.12. The van der Waals surface area contributed by atoms with E-state index in [0.717, 1.165) is 6.07 Å². The van der Waals surface area contributed by atoms with Crippen molar-refractivity contribution in [1.82, 2.24) is 9.84 Å². The zero-order chi connectivity index (χ0) is 16.8. The molecule has 0 bridgehead atoms. The maximum absolute atomic E-state index is 12.4. The van der Waals surface area contributed by atoms with Gasteiger partial charge in [-0.3, -0.25) is 9.59 Å². The van der Waals surface area contributed by atoms with Gasteiger partial charge in [0.15, 0.2) is 0 Å². The maximum atomic E-state index is 12.4. The lowest BCUT2D eigenvalue weighted by Gasteiger charge is -2.16. The second-order valence-electron chi connectivity index (χ2n) is 4.66. The molecule has 118 valence electrons. The maximum Gasteiger partial charge on any atom is 0.277 e. The lowest BCUT2D eigenvalue weighted by molar-refractivity contribution is 0.0618. The molecule has 0 radical (unpaired) electrons. The number of amides is 2. The third-order valence-electron chi connectivity index (χ3n) is 3.19. The third kappa shape index (κ3) is 2.72. The molecule has 0 unspecified atom stereocenters. The van der Waals surface area contributed by atoms with Gasteiger partial charge in [0.05, 0.1) is 16.1 Å². The summed E-state index contributed by atoms with van der Waals surface area (Å²) in [6, 6.07) is 9.90. The minimum Gasteiger partial charge on any atom is -0.267 e. The van der Waals surface area contributed by atoms with Gasteiger partial charge in [-0.25, -0.2) is 8.42 Å². The van der Waals surface area contributed by atoms with Crippen LogP contribution in [0.5, 0.6) is 0 Å². The standard InChI is InChI=1S/C14H8Cl2N2O4S/c15-8-5-6-11(16)12(7-8)23(21,22)17-18-13(19)9-3-1-2-4-10(9)14(18)20/h1-7,17H. The lowest BCUT2D eigenvalue weighted by atomic mass is 10.1. The minimum absolute atomic E-state index is 0.0847. The summed E-state index contributed by atoms with van der Waals surface area (Å²) in [4.78, 5) is 26.0. The van der Waals surface area contributed by atoms with Gasteiger partial charge in [0.25, 0.3) is 21.8 Å². The Morgan fingerprint density at radius 1 is 0.913 bits per heavy atom. The first kappa shape index (κ1) is 15.9. The molecule has 3 rings (SSSR count). The SMILES string of the molecule is O=C1c2ccccc2C(=O)N1NS(=O)(=O)c1cc(Cl)ccc1Cl. The predicted molar refractivity (Wildman–Crippen MR) is 83.7 cm³/mol. The summed E-state index contributed by atoms with van der Waals surface area (Å²) in [5, 5.41) is 0.507. The molecular weight excluding hydrogens is 363 g/mol. The number of carbonyl (C=O) groups excluding carboxylic acids is 2. The number of carbonyl (C=O) groups is 2. The van der Waals surface area contributed by atoms with E-state index in [1.807, 2.05) is 4.83 Å². The fourth-order valence-corrected chi connectivity index (χ4v) is 3.90. The Morgan fingerprint density at radius 3 is 2.04 bits per heavy atom. The van der Waals surface area contributed by atoms with Crippen LogP contribution in [0.3, 0.4) is 0 Å². The van der Waals surface area contributed by atoms with Crippen LogP contribution >= 0.6 is 23.2 Å². The van der Waals surface area contributed by atoms with Gasteiger partial charge in [0.2, 0.25) is 0 Å². The van der Waals surface area contributed by atoms with Gasteiger partial charge in [-0.15, -0.1) is 4.83 Å². The van der Waals surface area contributed by atoms with E-state index in [9.17, 15) is 18.0 Å². The molecule has 1 N–H and O–H groups in total. The van der Waals surface area contributed by atoms with E-state index in [4.69, 9.17) is 23.2 Å². The van der Waals surface area contributed by atoms with Crippen LogP contribution in [0.25, 0.3) is 0 Å². The highest BCUT2D eigenvalue weighted by Gasteiger charge is 2.38. The molecule has 2 aromatic rings. The van der Waals surface area contributed by atoms with E-state index in [1.165, 1.54) is 24.3 Å². The molecule has 0 atom stereocenters. The predicted octanol–water partition coefficient (Wildman–Crippen LogP) is 2.48. The first-order chi connectivity index (χ1) is 10.8. The summed E-state index contributed by atoms with van der Waals surface area (Å²) in [6.45, 7) is 0. The Labute approximate surface area is 141 Å². The van der Waals surface area contributed by atoms with Crippen LogP contribution < -0.4 is 4.83 Å². The Morgan fingerprint density at radius 2 is 1.48 bits per heavy atom. The summed E-state index contributed by atoms with van der Waals surface area (Å²) < 4.78 is 24.8. The highest BCUT2D eigenvalue weighted by molar-refractivity contribution is 7.89. The van der Waals surface area contributed by atoms with Crippen LogP contribution in [0.15, 0.2) is 47.4 Å². The van der Waals surface area contributed by atoms with E-state index in [1.54, 1.807) is 12.1 Å². The van der Waals surface area contributed by atoms with Crippen molar-refractivity contribution >= 4 is 45.0 Å². The molecule has 0 aliphatic carbocycles. The summed E-state index contributed by atoms with van der Waals surface area (Å²) in [5.74, 6) is -1.51. The van der Waals surface area contributed by atoms with E-state index in [0.29, 0.717) is 5.01 Å². The Balaban J connectivity index is 1.98. The van der Waals surface area contributed by atoms with Gasteiger partial charge in [-0.1, -0.05) is 35.3 Å². The van der Waals surface area contributed by atoms with Gasteiger partial charge in [-0.05, 0) is 30.3 Å². The van der Waals surface area contributed by atoms with Crippen molar-refractivity contribution in [2.24, 2.45) is 0 Å². The smallest absolute Gasteiger partial charge is 0.267 e. The van der Waals surface area contributed by atoms with Gasteiger partial charge in [0, 0.05) is 5.02 Å². The molecule has 9 heteroatoms. The topological polar surface area (TPSA) is 83.6 Å². The molecule has 6 nitrogen and oxygen atoms in total. The Bertz CT molecular complexity index is 909. The quantitative estimate of drug-likeness (QED) is 0.841. The average molecular weight is 371 g/mol. The second-order valence-corrected chi connectivity index (χ2v) is 7.13. The average Bonchev–Trinajstić information content (AvgIpc) is 2.75. The van der Waals surface area contributed by atoms with Crippen molar-refractivity contribution in [2.75, 3.05) is 0 Å². The molecule has 0 spiro atoms. The Hall–Kier alpha value is -1.93. The molecule has 0 aromatic heterocycles.